The summed E-state index contributed by atoms with van der Waals surface area (Å²) >= 11 is 6.07. The molecular formula is C16H14ClFN4O3. The van der Waals surface area contributed by atoms with Gasteiger partial charge in [0.25, 0.3) is 5.91 Å². The summed E-state index contributed by atoms with van der Waals surface area (Å²) in [6, 6.07) is 4.22. The van der Waals surface area contributed by atoms with E-state index < -0.39 is 11.8 Å². The van der Waals surface area contributed by atoms with Crippen LogP contribution >= 0.6 is 11.6 Å². The van der Waals surface area contributed by atoms with Gasteiger partial charge in [-0.3, -0.25) is 4.79 Å². The highest BCUT2D eigenvalue weighted by Gasteiger charge is 2.24. The van der Waals surface area contributed by atoms with E-state index in [9.17, 15) is 14.0 Å². The Hall–Kier alpha value is -2.74. The van der Waals surface area contributed by atoms with Gasteiger partial charge in [0.1, 0.15) is 11.5 Å². The Balaban J connectivity index is 1.65. The largest absolute Gasteiger partial charge is 0.476 e. The van der Waals surface area contributed by atoms with E-state index >= 15 is 0 Å². The van der Waals surface area contributed by atoms with Gasteiger partial charge in [0.05, 0.1) is 23.1 Å². The first-order valence-electron chi connectivity index (χ1n) is 7.50. The van der Waals surface area contributed by atoms with Gasteiger partial charge in [-0.2, -0.15) is 0 Å². The van der Waals surface area contributed by atoms with Gasteiger partial charge in [0.15, 0.2) is 5.69 Å². The summed E-state index contributed by atoms with van der Waals surface area (Å²) in [5.41, 5.74) is 0.603. The van der Waals surface area contributed by atoms with Crippen LogP contribution in [0.25, 0.3) is 0 Å². The molecule has 130 valence electrons. The molecule has 0 spiro atoms. The van der Waals surface area contributed by atoms with E-state index in [2.05, 4.69) is 9.97 Å². The van der Waals surface area contributed by atoms with Crippen LogP contribution in [0.3, 0.4) is 0 Å². The summed E-state index contributed by atoms with van der Waals surface area (Å²) in [5, 5.41) is 9.13. The predicted molar refractivity (Wildman–Crippen MR) is 88.5 cm³/mol. The predicted octanol–water partition coefficient (Wildman–Crippen LogP) is 1.93. The average Bonchev–Trinajstić information content (AvgIpc) is 2.61. The van der Waals surface area contributed by atoms with Crippen molar-refractivity contribution >= 4 is 29.2 Å². The molecule has 2 heterocycles. The Morgan fingerprint density at radius 1 is 1.08 bits per heavy atom. The normalized spacial score (nSPS) is 14.5. The number of aromatic nitrogens is 2. The van der Waals surface area contributed by atoms with Gasteiger partial charge < -0.3 is 14.9 Å². The van der Waals surface area contributed by atoms with Crippen molar-refractivity contribution in [2.75, 3.05) is 31.1 Å². The molecular weight excluding hydrogens is 351 g/mol. The number of carbonyl (C=O) groups is 2. The number of rotatable bonds is 3. The topological polar surface area (TPSA) is 86.6 Å². The summed E-state index contributed by atoms with van der Waals surface area (Å²) in [7, 11) is 0. The summed E-state index contributed by atoms with van der Waals surface area (Å²) in [5.74, 6) is -1.91. The smallest absolute Gasteiger partial charge is 0.356 e. The van der Waals surface area contributed by atoms with E-state index in [1.165, 1.54) is 12.1 Å². The number of amides is 1. The highest BCUT2D eigenvalue weighted by molar-refractivity contribution is 6.33. The molecule has 0 radical (unpaired) electrons. The first-order valence-corrected chi connectivity index (χ1v) is 7.88. The second kappa shape index (κ2) is 7.02. The number of carboxylic acids is 1. The number of hydrogen-bond acceptors (Lipinski definition) is 5. The first kappa shape index (κ1) is 17.1. The maximum Gasteiger partial charge on any atom is 0.356 e. The second-order valence-corrected chi connectivity index (χ2v) is 5.87. The zero-order valence-electron chi connectivity index (χ0n) is 13.0. The second-order valence-electron chi connectivity index (χ2n) is 5.47. The Morgan fingerprint density at radius 2 is 1.72 bits per heavy atom. The Labute approximate surface area is 147 Å². The van der Waals surface area contributed by atoms with E-state index in [0.717, 1.165) is 18.1 Å². The number of hydrogen-bond donors (Lipinski definition) is 1. The number of piperazine rings is 1. The monoisotopic (exact) mass is 364 g/mol. The third-order valence-corrected chi connectivity index (χ3v) is 4.21. The summed E-state index contributed by atoms with van der Waals surface area (Å²) in [6.07, 6.45) is 2.22. The minimum absolute atomic E-state index is 0.0956. The Bertz CT molecular complexity index is 808. The third-order valence-electron chi connectivity index (χ3n) is 3.91. The fourth-order valence-corrected chi connectivity index (χ4v) is 2.89. The number of carbonyl (C=O) groups excluding carboxylic acids is 1. The molecule has 3 rings (SSSR count). The number of aromatic carboxylic acids is 1. The van der Waals surface area contributed by atoms with Gasteiger partial charge in [-0.1, -0.05) is 11.6 Å². The lowest BCUT2D eigenvalue weighted by atomic mass is 10.2. The molecule has 0 aliphatic carbocycles. The molecule has 0 atom stereocenters. The molecule has 1 saturated heterocycles. The lowest BCUT2D eigenvalue weighted by Gasteiger charge is -2.36. The van der Waals surface area contributed by atoms with Crippen LogP contribution in [-0.2, 0) is 0 Å². The SMILES string of the molecule is O=C(O)c1cnc(C(=O)N2CCN(c3ccc(F)cc3Cl)CC2)cn1. The van der Waals surface area contributed by atoms with Crippen LogP contribution in [0.2, 0.25) is 5.02 Å². The third kappa shape index (κ3) is 3.69. The lowest BCUT2D eigenvalue weighted by molar-refractivity contribution is 0.0684. The molecule has 0 unspecified atom stereocenters. The van der Waals surface area contributed by atoms with Gasteiger partial charge in [-0.25, -0.2) is 19.2 Å². The molecule has 1 aromatic heterocycles. The fourth-order valence-electron chi connectivity index (χ4n) is 2.60. The van der Waals surface area contributed by atoms with E-state index in [1.807, 2.05) is 4.90 Å². The van der Waals surface area contributed by atoms with Gasteiger partial charge in [-0.05, 0) is 18.2 Å². The van der Waals surface area contributed by atoms with Crippen molar-refractivity contribution in [1.82, 2.24) is 14.9 Å². The first-order chi connectivity index (χ1) is 12.0. The molecule has 1 aromatic carbocycles. The number of nitrogens with zero attached hydrogens (tertiary/aromatic N) is 4. The molecule has 2 aromatic rings. The minimum atomic E-state index is -1.20. The van der Waals surface area contributed by atoms with Gasteiger partial charge >= 0.3 is 5.97 Å². The van der Waals surface area contributed by atoms with Crippen molar-refractivity contribution in [3.63, 3.8) is 0 Å². The van der Waals surface area contributed by atoms with Crippen molar-refractivity contribution in [2.24, 2.45) is 0 Å². The molecule has 9 heteroatoms. The summed E-state index contributed by atoms with van der Waals surface area (Å²) < 4.78 is 13.1. The quantitative estimate of drug-likeness (QED) is 0.895. The molecule has 1 aliphatic heterocycles. The van der Waals surface area contributed by atoms with E-state index in [1.54, 1.807) is 11.0 Å². The Kier molecular flexibility index (Phi) is 4.80. The minimum Gasteiger partial charge on any atom is -0.476 e. The van der Waals surface area contributed by atoms with Crippen LogP contribution in [0.4, 0.5) is 10.1 Å². The van der Waals surface area contributed by atoms with Crippen LogP contribution in [0.15, 0.2) is 30.6 Å². The summed E-state index contributed by atoms with van der Waals surface area (Å²) in [6.45, 7) is 1.96. The van der Waals surface area contributed by atoms with Crippen molar-refractivity contribution in [2.45, 2.75) is 0 Å². The van der Waals surface area contributed by atoms with Gasteiger partial charge in [0, 0.05) is 26.2 Å². The number of anilines is 1. The lowest BCUT2D eigenvalue weighted by Crippen LogP contribution is -2.49. The molecule has 1 fully saturated rings. The van der Waals surface area contributed by atoms with Crippen LogP contribution < -0.4 is 4.90 Å². The number of carboxylic acid groups (broad SMARTS) is 1. The van der Waals surface area contributed by atoms with Crippen LogP contribution in [-0.4, -0.2) is 58.0 Å². The van der Waals surface area contributed by atoms with Crippen molar-refractivity contribution in [1.29, 1.82) is 0 Å². The molecule has 0 saturated carbocycles. The number of benzene rings is 1. The van der Waals surface area contributed by atoms with E-state index in [4.69, 9.17) is 16.7 Å². The van der Waals surface area contributed by atoms with Gasteiger partial charge in [0.2, 0.25) is 0 Å². The zero-order valence-corrected chi connectivity index (χ0v) is 13.8. The highest BCUT2D eigenvalue weighted by atomic mass is 35.5. The molecule has 25 heavy (non-hydrogen) atoms. The van der Waals surface area contributed by atoms with Crippen molar-refractivity contribution < 1.29 is 19.1 Å². The molecule has 0 bridgehead atoms. The van der Waals surface area contributed by atoms with E-state index in [0.29, 0.717) is 31.2 Å². The van der Waals surface area contributed by atoms with Crippen LogP contribution in [0, 0.1) is 5.82 Å². The fraction of sp³-hybridized carbons (Fsp3) is 0.250. The zero-order chi connectivity index (χ0) is 18.0. The van der Waals surface area contributed by atoms with Crippen LogP contribution in [0.5, 0.6) is 0 Å². The maximum atomic E-state index is 13.1. The van der Waals surface area contributed by atoms with E-state index in [-0.39, 0.29) is 17.3 Å². The number of halogens is 2. The van der Waals surface area contributed by atoms with Gasteiger partial charge in [-0.15, -0.1) is 0 Å². The molecule has 1 N–H and O–H groups in total. The van der Waals surface area contributed by atoms with Crippen molar-refractivity contribution in [3.05, 3.63) is 52.8 Å². The molecule has 1 amide bonds. The highest BCUT2D eigenvalue weighted by Crippen LogP contribution is 2.27. The summed E-state index contributed by atoms with van der Waals surface area (Å²) in [4.78, 5) is 34.3. The molecule has 7 nitrogen and oxygen atoms in total. The van der Waals surface area contributed by atoms with Crippen molar-refractivity contribution in [3.8, 4) is 0 Å². The standard InChI is InChI=1S/C16H14ClFN4O3/c17-11-7-10(18)1-2-14(11)21-3-5-22(6-4-21)15(23)12-8-20-13(9-19-12)16(24)25/h1-2,7-9H,3-6H2,(H,24,25). The molecule has 1 aliphatic rings. The average molecular weight is 365 g/mol. The Morgan fingerprint density at radius 3 is 2.28 bits per heavy atom. The van der Waals surface area contributed by atoms with Crippen LogP contribution in [0.1, 0.15) is 21.0 Å². The maximum absolute atomic E-state index is 13.1.